The quantitative estimate of drug-likeness (QED) is 0.681. The van der Waals surface area contributed by atoms with Crippen LogP contribution in [-0.4, -0.2) is 58.8 Å². The van der Waals surface area contributed by atoms with Gasteiger partial charge in [-0.15, -0.1) is 0 Å². The fraction of sp³-hybridized carbons (Fsp3) is 0.429. The van der Waals surface area contributed by atoms with Crippen molar-refractivity contribution >= 4 is 11.8 Å². The van der Waals surface area contributed by atoms with Gasteiger partial charge in [-0.2, -0.15) is 0 Å². The molecule has 0 aliphatic carbocycles. The Labute approximate surface area is 117 Å². The zero-order valence-corrected chi connectivity index (χ0v) is 11.2. The van der Waals surface area contributed by atoms with E-state index in [0.29, 0.717) is 5.56 Å². The van der Waals surface area contributed by atoms with E-state index in [0.717, 1.165) is 5.56 Å². The highest BCUT2D eigenvalue weighted by Gasteiger charge is 2.32. The lowest BCUT2D eigenvalue weighted by Gasteiger charge is -2.15. The molecule has 1 heterocycles. The molecule has 3 N–H and O–H groups in total. The third-order valence-corrected chi connectivity index (χ3v) is 3.33. The van der Waals surface area contributed by atoms with Gasteiger partial charge in [-0.05, 0) is 19.1 Å². The summed E-state index contributed by atoms with van der Waals surface area (Å²) in [6.07, 6.45) is -1.82. The molecule has 0 unspecified atom stereocenters. The van der Waals surface area contributed by atoms with Crippen molar-refractivity contribution in [1.29, 1.82) is 0 Å². The minimum Gasteiger partial charge on any atom is -0.388 e. The molecule has 2 amide bonds. The van der Waals surface area contributed by atoms with Crippen LogP contribution >= 0.6 is 0 Å². The van der Waals surface area contributed by atoms with Gasteiger partial charge in [0.15, 0.2) is 0 Å². The standard InChI is InChI=1S/C14H18N2O4/c1-9-2-4-10(5-3-9)14(20)15-6-13(19)16-7-11(17)12(18)8-16/h2-5,11-12,17-18H,6-8H2,1H3,(H,15,20)/t11-,12+. The van der Waals surface area contributed by atoms with E-state index >= 15 is 0 Å². The molecule has 1 saturated heterocycles. The van der Waals surface area contributed by atoms with E-state index in [4.69, 9.17) is 0 Å². The molecule has 0 spiro atoms. The van der Waals surface area contributed by atoms with Crippen LogP contribution in [0.1, 0.15) is 15.9 Å². The number of carbonyl (C=O) groups excluding carboxylic acids is 2. The summed E-state index contributed by atoms with van der Waals surface area (Å²) in [5, 5.41) is 21.3. The van der Waals surface area contributed by atoms with Gasteiger partial charge in [-0.1, -0.05) is 17.7 Å². The lowest BCUT2D eigenvalue weighted by Crippen LogP contribution is -2.39. The first kappa shape index (κ1) is 14.5. The van der Waals surface area contributed by atoms with Gasteiger partial charge in [0.1, 0.15) is 0 Å². The van der Waals surface area contributed by atoms with Gasteiger partial charge in [-0.25, -0.2) is 0 Å². The number of nitrogens with one attached hydrogen (secondary N) is 1. The average molecular weight is 278 g/mol. The number of β-amino-alcohol motifs (C(OH)–C–C–N with tert-alkyl or cyclic N) is 2. The Morgan fingerprint density at radius 1 is 1.20 bits per heavy atom. The lowest BCUT2D eigenvalue weighted by atomic mass is 10.1. The van der Waals surface area contributed by atoms with E-state index in [1.807, 2.05) is 19.1 Å². The number of aryl methyl sites for hydroxylation is 1. The van der Waals surface area contributed by atoms with Crippen LogP contribution in [0.5, 0.6) is 0 Å². The van der Waals surface area contributed by atoms with Crippen molar-refractivity contribution in [2.75, 3.05) is 19.6 Å². The van der Waals surface area contributed by atoms with Crippen molar-refractivity contribution in [2.45, 2.75) is 19.1 Å². The van der Waals surface area contributed by atoms with Crippen molar-refractivity contribution in [1.82, 2.24) is 10.2 Å². The number of aliphatic hydroxyl groups is 2. The molecular formula is C14H18N2O4. The Hall–Kier alpha value is -1.92. The van der Waals surface area contributed by atoms with E-state index in [1.54, 1.807) is 12.1 Å². The minimum absolute atomic E-state index is 0.0976. The van der Waals surface area contributed by atoms with Gasteiger partial charge in [0, 0.05) is 18.7 Å². The van der Waals surface area contributed by atoms with Gasteiger partial charge in [0.2, 0.25) is 5.91 Å². The van der Waals surface area contributed by atoms with E-state index in [9.17, 15) is 19.8 Å². The third kappa shape index (κ3) is 3.34. The van der Waals surface area contributed by atoms with Crippen LogP contribution in [0, 0.1) is 6.92 Å². The zero-order chi connectivity index (χ0) is 14.7. The fourth-order valence-corrected chi connectivity index (χ4v) is 2.05. The van der Waals surface area contributed by atoms with Gasteiger partial charge in [0.25, 0.3) is 5.91 Å². The summed E-state index contributed by atoms with van der Waals surface area (Å²) in [5.41, 5.74) is 1.54. The Kier molecular flexibility index (Phi) is 4.36. The second-order valence-corrected chi connectivity index (χ2v) is 4.98. The van der Waals surface area contributed by atoms with E-state index in [2.05, 4.69) is 5.32 Å². The predicted octanol–water partition coefficient (Wildman–Crippen LogP) is -0.711. The first-order valence-corrected chi connectivity index (χ1v) is 6.46. The molecule has 1 aliphatic rings. The molecule has 1 aromatic rings. The molecule has 0 saturated carbocycles. The molecule has 0 aromatic heterocycles. The molecule has 0 bridgehead atoms. The molecule has 2 atom stereocenters. The number of hydrogen-bond acceptors (Lipinski definition) is 4. The van der Waals surface area contributed by atoms with Crippen LogP contribution in [0.4, 0.5) is 0 Å². The maximum atomic E-state index is 11.8. The molecule has 20 heavy (non-hydrogen) atoms. The number of rotatable bonds is 3. The van der Waals surface area contributed by atoms with Crippen molar-refractivity contribution in [3.05, 3.63) is 35.4 Å². The number of amides is 2. The van der Waals surface area contributed by atoms with E-state index in [1.165, 1.54) is 4.90 Å². The van der Waals surface area contributed by atoms with Crippen LogP contribution in [0.15, 0.2) is 24.3 Å². The summed E-state index contributed by atoms with van der Waals surface area (Å²) in [4.78, 5) is 25.0. The van der Waals surface area contributed by atoms with Crippen molar-refractivity contribution in [2.24, 2.45) is 0 Å². The van der Waals surface area contributed by atoms with Gasteiger partial charge < -0.3 is 20.4 Å². The number of benzene rings is 1. The summed E-state index contributed by atoms with van der Waals surface area (Å²) in [6, 6.07) is 7.03. The Morgan fingerprint density at radius 3 is 2.30 bits per heavy atom. The molecule has 6 heteroatoms. The SMILES string of the molecule is Cc1ccc(C(=O)NCC(=O)N2C[C@@H](O)[C@@H](O)C2)cc1. The highest BCUT2D eigenvalue weighted by molar-refractivity contribution is 5.96. The van der Waals surface area contributed by atoms with Gasteiger partial charge >= 0.3 is 0 Å². The molecule has 2 rings (SSSR count). The number of hydrogen-bond donors (Lipinski definition) is 3. The molecule has 1 aliphatic heterocycles. The molecule has 1 aromatic carbocycles. The topological polar surface area (TPSA) is 89.9 Å². The van der Waals surface area contributed by atoms with Crippen molar-refractivity contribution in [3.63, 3.8) is 0 Å². The highest BCUT2D eigenvalue weighted by atomic mass is 16.3. The molecular weight excluding hydrogens is 260 g/mol. The number of aliphatic hydroxyl groups excluding tert-OH is 2. The van der Waals surface area contributed by atoms with E-state index < -0.39 is 12.2 Å². The zero-order valence-electron chi connectivity index (χ0n) is 11.2. The second kappa shape index (κ2) is 6.02. The average Bonchev–Trinajstić information content (AvgIpc) is 2.76. The van der Waals surface area contributed by atoms with Crippen molar-refractivity contribution < 1.29 is 19.8 Å². The summed E-state index contributed by atoms with van der Waals surface area (Å²) in [7, 11) is 0. The first-order valence-electron chi connectivity index (χ1n) is 6.46. The molecule has 108 valence electrons. The van der Waals surface area contributed by atoms with E-state index in [-0.39, 0.29) is 31.4 Å². The summed E-state index contributed by atoms with van der Waals surface area (Å²) < 4.78 is 0. The predicted molar refractivity (Wildman–Crippen MR) is 72.1 cm³/mol. The Morgan fingerprint density at radius 2 is 1.75 bits per heavy atom. The third-order valence-electron chi connectivity index (χ3n) is 3.33. The summed E-state index contributed by atoms with van der Waals surface area (Å²) in [5.74, 6) is -0.639. The number of nitrogens with zero attached hydrogens (tertiary/aromatic N) is 1. The second-order valence-electron chi connectivity index (χ2n) is 4.98. The highest BCUT2D eigenvalue weighted by Crippen LogP contribution is 2.09. The van der Waals surface area contributed by atoms with Crippen LogP contribution < -0.4 is 5.32 Å². The fourth-order valence-electron chi connectivity index (χ4n) is 2.05. The number of likely N-dealkylation sites (tertiary alicyclic amines) is 1. The maximum Gasteiger partial charge on any atom is 0.251 e. The normalized spacial score (nSPS) is 21.9. The number of carbonyl (C=O) groups is 2. The van der Waals surface area contributed by atoms with Crippen molar-refractivity contribution in [3.8, 4) is 0 Å². The largest absolute Gasteiger partial charge is 0.388 e. The summed E-state index contributed by atoms with van der Waals surface area (Å²) >= 11 is 0. The monoisotopic (exact) mass is 278 g/mol. The molecule has 6 nitrogen and oxygen atoms in total. The van der Waals surface area contributed by atoms with Crippen LogP contribution in [0.3, 0.4) is 0 Å². The lowest BCUT2D eigenvalue weighted by molar-refractivity contribution is -0.129. The van der Waals surface area contributed by atoms with Crippen LogP contribution in [-0.2, 0) is 4.79 Å². The smallest absolute Gasteiger partial charge is 0.251 e. The Balaban J connectivity index is 1.84. The molecule has 1 fully saturated rings. The maximum absolute atomic E-state index is 11.8. The Bertz CT molecular complexity index is 490. The van der Waals surface area contributed by atoms with Crippen LogP contribution in [0.25, 0.3) is 0 Å². The minimum atomic E-state index is -0.910. The first-order chi connectivity index (χ1) is 9.47. The summed E-state index contributed by atoms with van der Waals surface area (Å²) in [6.45, 7) is 1.97. The van der Waals surface area contributed by atoms with Crippen LogP contribution in [0.2, 0.25) is 0 Å². The van der Waals surface area contributed by atoms with Gasteiger partial charge in [0.05, 0.1) is 18.8 Å². The molecule has 0 radical (unpaired) electrons. The van der Waals surface area contributed by atoms with Gasteiger partial charge in [-0.3, -0.25) is 9.59 Å².